The number of likely N-dealkylation sites (N-methyl/N-ethyl adjacent to an activating group) is 1. The Balaban J connectivity index is 2.85. The third kappa shape index (κ3) is 3.73. The molecule has 6 nitrogen and oxygen atoms in total. The first kappa shape index (κ1) is 15.5. The molecule has 1 heterocycles. The summed E-state index contributed by atoms with van der Waals surface area (Å²) in [5.74, 6) is -2.31. The van der Waals surface area contributed by atoms with Crippen molar-refractivity contribution in [2.75, 3.05) is 30.3 Å². The second-order valence-electron chi connectivity index (χ2n) is 3.94. The molecule has 0 aromatic rings. The van der Waals surface area contributed by atoms with Gasteiger partial charge in [0.1, 0.15) is 17.9 Å². The van der Waals surface area contributed by atoms with Crippen molar-refractivity contribution in [2.24, 2.45) is 0 Å². The van der Waals surface area contributed by atoms with E-state index in [9.17, 15) is 18.0 Å². The van der Waals surface area contributed by atoms with Crippen LogP contribution in [-0.4, -0.2) is 67.7 Å². The van der Waals surface area contributed by atoms with Crippen molar-refractivity contribution >= 4 is 44.9 Å². The highest BCUT2D eigenvalue weighted by Gasteiger charge is 2.43. The summed E-state index contributed by atoms with van der Waals surface area (Å²) >= 11 is 10.7. The largest absolute Gasteiger partial charge is 0.458 e. The number of amides is 1. The fourth-order valence-electron chi connectivity index (χ4n) is 1.75. The van der Waals surface area contributed by atoms with Crippen molar-refractivity contribution in [2.45, 2.75) is 12.1 Å². The van der Waals surface area contributed by atoms with Gasteiger partial charge in [-0.3, -0.25) is 9.59 Å². The zero-order valence-electron chi connectivity index (χ0n) is 9.64. The van der Waals surface area contributed by atoms with E-state index >= 15 is 0 Å². The predicted octanol–water partition coefficient (Wildman–Crippen LogP) is -0.369. The number of ether oxygens (including phenoxy) is 1. The van der Waals surface area contributed by atoms with Crippen LogP contribution in [0.4, 0.5) is 0 Å². The molecule has 1 amide bonds. The number of sulfone groups is 1. The van der Waals surface area contributed by atoms with Crippen LogP contribution in [0.15, 0.2) is 0 Å². The van der Waals surface area contributed by atoms with Crippen LogP contribution >= 0.6 is 23.2 Å². The van der Waals surface area contributed by atoms with Crippen LogP contribution in [0.5, 0.6) is 0 Å². The average molecular weight is 318 g/mol. The molecule has 104 valence electrons. The molecule has 1 aliphatic rings. The molecule has 18 heavy (non-hydrogen) atoms. The monoisotopic (exact) mass is 317 g/mol. The number of rotatable bonds is 4. The van der Waals surface area contributed by atoms with Crippen molar-refractivity contribution in [3.8, 4) is 0 Å². The number of hydrogen-bond acceptors (Lipinski definition) is 5. The molecular formula is C9H13Cl2NO5S. The minimum Gasteiger partial charge on any atom is -0.458 e. The Bertz CT molecular complexity index is 438. The van der Waals surface area contributed by atoms with E-state index in [-0.39, 0.29) is 23.3 Å². The van der Waals surface area contributed by atoms with Gasteiger partial charge < -0.3 is 9.64 Å². The predicted molar refractivity (Wildman–Crippen MR) is 66.5 cm³/mol. The van der Waals surface area contributed by atoms with Gasteiger partial charge in [0, 0.05) is 7.05 Å². The minimum atomic E-state index is -3.34. The first-order valence-corrected chi connectivity index (χ1v) is 7.97. The van der Waals surface area contributed by atoms with Gasteiger partial charge in [-0.05, 0) is 0 Å². The van der Waals surface area contributed by atoms with Crippen molar-refractivity contribution in [3.05, 3.63) is 0 Å². The molecule has 0 spiro atoms. The molecule has 0 aromatic heterocycles. The number of halogens is 2. The van der Waals surface area contributed by atoms with E-state index < -0.39 is 33.9 Å². The number of alkyl halides is 2. The van der Waals surface area contributed by atoms with Gasteiger partial charge in [0.25, 0.3) is 0 Å². The van der Waals surface area contributed by atoms with Crippen molar-refractivity contribution < 1.29 is 22.7 Å². The van der Waals surface area contributed by atoms with Crippen LogP contribution < -0.4 is 0 Å². The first-order valence-electron chi connectivity index (χ1n) is 5.08. The Hall–Kier alpha value is -0.530. The van der Waals surface area contributed by atoms with Crippen molar-refractivity contribution in [1.29, 1.82) is 0 Å². The second kappa shape index (κ2) is 6.08. The summed E-state index contributed by atoms with van der Waals surface area (Å²) in [7, 11) is -1.91. The van der Waals surface area contributed by atoms with Gasteiger partial charge in [0.2, 0.25) is 5.91 Å². The molecule has 1 saturated heterocycles. The van der Waals surface area contributed by atoms with Crippen molar-refractivity contribution in [1.82, 2.24) is 4.90 Å². The van der Waals surface area contributed by atoms with Crippen LogP contribution in [0.3, 0.4) is 0 Å². The van der Waals surface area contributed by atoms with Crippen LogP contribution in [0, 0.1) is 0 Å². The molecule has 0 N–H and O–H groups in total. The molecule has 1 fully saturated rings. The van der Waals surface area contributed by atoms with E-state index in [0.717, 1.165) is 0 Å². The Morgan fingerprint density at radius 2 is 1.89 bits per heavy atom. The van der Waals surface area contributed by atoms with E-state index in [1.165, 1.54) is 11.9 Å². The van der Waals surface area contributed by atoms with E-state index in [1.807, 2.05) is 0 Å². The molecule has 0 unspecified atom stereocenters. The average Bonchev–Trinajstić information content (AvgIpc) is 2.62. The van der Waals surface area contributed by atoms with E-state index in [2.05, 4.69) is 0 Å². The first-order chi connectivity index (χ1) is 8.30. The summed E-state index contributed by atoms with van der Waals surface area (Å²) in [4.78, 5) is 23.7. The number of carbonyl (C=O) groups excluding carboxylic acids is 2. The second-order valence-corrected chi connectivity index (χ2v) is 6.63. The van der Waals surface area contributed by atoms with Gasteiger partial charge in [-0.25, -0.2) is 8.42 Å². The smallest absolute Gasteiger partial charge is 0.321 e. The Kier molecular flexibility index (Phi) is 5.24. The SMILES string of the molecule is CN(C(=O)CCl)[C@@H]1CS(=O)(=O)C[C@@H]1OC(=O)CCl. The lowest BCUT2D eigenvalue weighted by Crippen LogP contribution is -2.46. The summed E-state index contributed by atoms with van der Waals surface area (Å²) < 4.78 is 28.0. The molecule has 0 bridgehead atoms. The van der Waals surface area contributed by atoms with Gasteiger partial charge in [0.05, 0.1) is 17.5 Å². The molecular weight excluding hydrogens is 305 g/mol. The number of nitrogens with zero attached hydrogens (tertiary/aromatic N) is 1. The zero-order valence-corrected chi connectivity index (χ0v) is 12.0. The molecule has 0 aliphatic carbocycles. The minimum absolute atomic E-state index is 0.244. The lowest BCUT2D eigenvalue weighted by molar-refractivity contribution is -0.149. The molecule has 1 rings (SSSR count). The van der Waals surface area contributed by atoms with Crippen LogP contribution in [0.1, 0.15) is 0 Å². The quantitative estimate of drug-likeness (QED) is 0.522. The van der Waals surface area contributed by atoms with Crippen molar-refractivity contribution in [3.63, 3.8) is 0 Å². The zero-order chi connectivity index (χ0) is 13.9. The summed E-state index contributed by atoms with van der Waals surface area (Å²) in [5.41, 5.74) is 0. The third-order valence-electron chi connectivity index (χ3n) is 2.67. The molecule has 1 aliphatic heterocycles. The van der Waals surface area contributed by atoms with E-state index in [0.29, 0.717) is 0 Å². The maximum atomic E-state index is 11.5. The number of hydrogen-bond donors (Lipinski definition) is 0. The topological polar surface area (TPSA) is 80.8 Å². The number of carbonyl (C=O) groups is 2. The van der Waals surface area contributed by atoms with Crippen LogP contribution in [0.2, 0.25) is 0 Å². The van der Waals surface area contributed by atoms with Gasteiger partial charge in [-0.15, -0.1) is 23.2 Å². The molecule has 9 heteroatoms. The summed E-state index contributed by atoms with van der Waals surface area (Å²) in [6.07, 6.45) is -0.890. The maximum Gasteiger partial charge on any atom is 0.321 e. The highest BCUT2D eigenvalue weighted by atomic mass is 35.5. The molecule has 0 aromatic carbocycles. The van der Waals surface area contributed by atoms with E-state index in [4.69, 9.17) is 27.9 Å². The van der Waals surface area contributed by atoms with Crippen LogP contribution in [-0.2, 0) is 24.2 Å². The molecule has 0 radical (unpaired) electrons. The molecule has 0 saturated carbocycles. The Morgan fingerprint density at radius 3 is 2.39 bits per heavy atom. The summed E-state index contributed by atoms with van der Waals surface area (Å²) in [6, 6.07) is -0.714. The van der Waals surface area contributed by atoms with E-state index in [1.54, 1.807) is 0 Å². The Morgan fingerprint density at radius 1 is 1.28 bits per heavy atom. The van der Waals surface area contributed by atoms with Gasteiger partial charge in [0.15, 0.2) is 9.84 Å². The highest BCUT2D eigenvalue weighted by molar-refractivity contribution is 7.91. The fourth-order valence-corrected chi connectivity index (χ4v) is 3.89. The Labute approximate surface area is 115 Å². The van der Waals surface area contributed by atoms with Crippen LogP contribution in [0.25, 0.3) is 0 Å². The van der Waals surface area contributed by atoms with Gasteiger partial charge in [-0.1, -0.05) is 0 Å². The normalized spacial score (nSPS) is 25.7. The standard InChI is InChI=1S/C9H13Cl2NO5S/c1-12(8(13)2-10)6-4-18(15,16)5-7(6)17-9(14)3-11/h6-7H,2-5H2,1H3/t6-,7+/m1/s1. The van der Waals surface area contributed by atoms with Gasteiger partial charge in [-0.2, -0.15) is 0 Å². The highest BCUT2D eigenvalue weighted by Crippen LogP contribution is 2.21. The van der Waals surface area contributed by atoms with Gasteiger partial charge >= 0.3 is 5.97 Å². The fraction of sp³-hybridized carbons (Fsp3) is 0.778. The lowest BCUT2D eigenvalue weighted by Gasteiger charge is -2.27. The summed E-state index contributed by atoms with van der Waals surface area (Å²) in [6.45, 7) is 0. The lowest BCUT2D eigenvalue weighted by atomic mass is 10.2. The summed E-state index contributed by atoms with van der Waals surface area (Å²) in [5, 5.41) is 0. The third-order valence-corrected chi connectivity index (χ3v) is 4.80. The molecule has 2 atom stereocenters. The maximum absolute atomic E-state index is 11.5. The number of esters is 1.